The molecule has 2 N–H and O–H groups in total. The third-order valence-corrected chi connectivity index (χ3v) is 5.22. The standard InChI is InChI=1S/C19H24FN3O3/c20-15-9-14(26-11-12-3-6-21-7-4-12)10-16-18(15)19(24)23-17(22-16)2-1-13-5-8-25-13/h9-10,12-13,21H,1-8,11H2,(H,22,23,24). The van der Waals surface area contributed by atoms with E-state index in [1.54, 1.807) is 6.07 Å². The van der Waals surface area contributed by atoms with Gasteiger partial charge in [0.05, 0.1) is 18.2 Å². The van der Waals surface area contributed by atoms with Crippen LogP contribution >= 0.6 is 0 Å². The Morgan fingerprint density at radius 1 is 1.27 bits per heavy atom. The number of H-pyrrole nitrogens is 1. The molecule has 0 bridgehead atoms. The number of rotatable bonds is 6. The van der Waals surface area contributed by atoms with Gasteiger partial charge in [0, 0.05) is 25.2 Å². The summed E-state index contributed by atoms with van der Waals surface area (Å²) in [5, 5.41) is 3.30. The molecular formula is C19H24FN3O3. The fourth-order valence-corrected chi connectivity index (χ4v) is 3.52. The van der Waals surface area contributed by atoms with Crippen molar-refractivity contribution in [2.75, 3.05) is 26.3 Å². The van der Waals surface area contributed by atoms with Crippen LogP contribution in [0.2, 0.25) is 0 Å². The highest BCUT2D eigenvalue weighted by Gasteiger charge is 2.19. The predicted molar refractivity (Wildman–Crippen MR) is 96.1 cm³/mol. The Morgan fingerprint density at radius 3 is 2.81 bits per heavy atom. The number of benzene rings is 1. The van der Waals surface area contributed by atoms with Gasteiger partial charge in [-0.25, -0.2) is 9.37 Å². The number of ether oxygens (including phenoxy) is 2. The molecule has 1 unspecified atom stereocenters. The van der Waals surface area contributed by atoms with Crippen molar-refractivity contribution in [1.29, 1.82) is 0 Å². The fourth-order valence-electron chi connectivity index (χ4n) is 3.52. The highest BCUT2D eigenvalue weighted by atomic mass is 19.1. The van der Waals surface area contributed by atoms with Crippen LogP contribution in [0.5, 0.6) is 5.75 Å². The molecule has 3 heterocycles. The van der Waals surface area contributed by atoms with E-state index in [-0.39, 0.29) is 11.5 Å². The van der Waals surface area contributed by atoms with Crippen molar-refractivity contribution in [2.45, 2.75) is 38.2 Å². The topological polar surface area (TPSA) is 76.2 Å². The van der Waals surface area contributed by atoms with Crippen LogP contribution < -0.4 is 15.6 Å². The smallest absolute Gasteiger partial charge is 0.261 e. The van der Waals surface area contributed by atoms with E-state index < -0.39 is 11.4 Å². The van der Waals surface area contributed by atoms with Crippen molar-refractivity contribution in [3.63, 3.8) is 0 Å². The first kappa shape index (κ1) is 17.4. The molecule has 1 atom stereocenters. The first-order valence-corrected chi connectivity index (χ1v) is 9.36. The second kappa shape index (κ2) is 7.72. The lowest BCUT2D eigenvalue weighted by Gasteiger charge is -2.26. The maximum absolute atomic E-state index is 14.4. The number of hydrogen-bond donors (Lipinski definition) is 2. The molecule has 4 rings (SSSR count). The van der Waals surface area contributed by atoms with E-state index in [0.29, 0.717) is 36.0 Å². The van der Waals surface area contributed by atoms with Crippen molar-refractivity contribution in [1.82, 2.24) is 15.3 Å². The van der Waals surface area contributed by atoms with E-state index in [1.807, 2.05) is 0 Å². The molecule has 6 nitrogen and oxygen atoms in total. The van der Waals surface area contributed by atoms with Gasteiger partial charge in [-0.3, -0.25) is 4.79 Å². The summed E-state index contributed by atoms with van der Waals surface area (Å²) in [7, 11) is 0. The summed E-state index contributed by atoms with van der Waals surface area (Å²) in [6.45, 7) is 3.34. The molecular weight excluding hydrogens is 337 g/mol. The van der Waals surface area contributed by atoms with E-state index >= 15 is 0 Å². The molecule has 0 radical (unpaired) electrons. The Bertz CT molecular complexity index is 829. The minimum absolute atomic E-state index is 0.0112. The van der Waals surface area contributed by atoms with Crippen molar-refractivity contribution < 1.29 is 13.9 Å². The highest BCUT2D eigenvalue weighted by Crippen LogP contribution is 2.23. The molecule has 2 saturated heterocycles. The van der Waals surface area contributed by atoms with Gasteiger partial charge in [0.1, 0.15) is 22.8 Å². The van der Waals surface area contributed by atoms with Crippen molar-refractivity contribution in [3.8, 4) is 5.75 Å². The third kappa shape index (κ3) is 3.88. The normalized spacial score (nSPS) is 20.9. The molecule has 0 amide bonds. The molecule has 1 aromatic heterocycles. The van der Waals surface area contributed by atoms with Crippen LogP contribution in [0.25, 0.3) is 10.9 Å². The molecule has 140 valence electrons. The van der Waals surface area contributed by atoms with Crippen LogP contribution in [-0.4, -0.2) is 42.4 Å². The number of aromatic amines is 1. The predicted octanol–water partition coefficient (Wildman–Crippen LogP) is 2.16. The van der Waals surface area contributed by atoms with Gasteiger partial charge in [-0.1, -0.05) is 0 Å². The van der Waals surface area contributed by atoms with Crippen LogP contribution in [0.1, 0.15) is 31.5 Å². The average Bonchev–Trinajstić information content (AvgIpc) is 2.59. The van der Waals surface area contributed by atoms with Gasteiger partial charge in [-0.15, -0.1) is 0 Å². The summed E-state index contributed by atoms with van der Waals surface area (Å²) in [5.41, 5.74) is -0.0967. The van der Waals surface area contributed by atoms with Gasteiger partial charge < -0.3 is 19.8 Å². The zero-order chi connectivity index (χ0) is 17.9. The highest BCUT2D eigenvalue weighted by molar-refractivity contribution is 5.79. The Labute approximate surface area is 151 Å². The molecule has 2 aliphatic rings. The number of aryl methyl sites for hydroxylation is 1. The minimum Gasteiger partial charge on any atom is -0.493 e. The van der Waals surface area contributed by atoms with E-state index in [1.165, 1.54) is 6.07 Å². The van der Waals surface area contributed by atoms with E-state index in [2.05, 4.69) is 15.3 Å². The number of nitrogens with zero attached hydrogens (tertiary/aromatic N) is 1. The summed E-state index contributed by atoms with van der Waals surface area (Å²) < 4.78 is 25.6. The number of halogens is 1. The molecule has 2 aliphatic heterocycles. The van der Waals surface area contributed by atoms with E-state index in [0.717, 1.165) is 45.4 Å². The number of hydrogen-bond acceptors (Lipinski definition) is 5. The number of nitrogens with one attached hydrogen (secondary N) is 2. The molecule has 0 spiro atoms. The maximum Gasteiger partial charge on any atom is 0.261 e. The number of fused-ring (bicyclic) bond motifs is 1. The second-order valence-electron chi connectivity index (χ2n) is 7.14. The summed E-state index contributed by atoms with van der Waals surface area (Å²) >= 11 is 0. The fraction of sp³-hybridized carbons (Fsp3) is 0.579. The minimum atomic E-state index is -0.592. The van der Waals surface area contributed by atoms with Crippen molar-refractivity contribution in [3.05, 3.63) is 34.1 Å². The molecule has 1 aromatic carbocycles. The van der Waals surface area contributed by atoms with Crippen LogP contribution in [0.4, 0.5) is 4.39 Å². The summed E-state index contributed by atoms with van der Waals surface area (Å²) in [6.07, 6.45) is 4.82. The van der Waals surface area contributed by atoms with Crippen LogP contribution in [0, 0.1) is 11.7 Å². The zero-order valence-electron chi connectivity index (χ0n) is 14.7. The SMILES string of the molecule is O=c1[nH]c(CCC2CCO2)nc2cc(OCC3CCNCC3)cc(F)c12. The molecule has 2 fully saturated rings. The third-order valence-electron chi connectivity index (χ3n) is 5.22. The van der Waals surface area contributed by atoms with Gasteiger partial charge in [0.2, 0.25) is 0 Å². The van der Waals surface area contributed by atoms with Crippen molar-refractivity contribution >= 4 is 10.9 Å². The monoisotopic (exact) mass is 361 g/mol. The van der Waals surface area contributed by atoms with Gasteiger partial charge >= 0.3 is 0 Å². The van der Waals surface area contributed by atoms with Gasteiger partial charge in [0.25, 0.3) is 5.56 Å². The quantitative estimate of drug-likeness (QED) is 0.825. The second-order valence-corrected chi connectivity index (χ2v) is 7.14. The molecule has 7 heteroatoms. The zero-order valence-corrected chi connectivity index (χ0v) is 14.7. The van der Waals surface area contributed by atoms with Crippen molar-refractivity contribution in [2.24, 2.45) is 5.92 Å². The summed E-state index contributed by atoms with van der Waals surface area (Å²) in [6, 6.07) is 2.94. The molecule has 0 saturated carbocycles. The largest absolute Gasteiger partial charge is 0.493 e. The first-order chi connectivity index (χ1) is 12.7. The lowest BCUT2D eigenvalue weighted by molar-refractivity contribution is -0.0543. The molecule has 26 heavy (non-hydrogen) atoms. The van der Waals surface area contributed by atoms with Crippen LogP contribution in [0.3, 0.4) is 0 Å². The molecule has 0 aliphatic carbocycles. The van der Waals surface area contributed by atoms with Gasteiger partial charge in [0.15, 0.2) is 0 Å². The average molecular weight is 361 g/mol. The van der Waals surface area contributed by atoms with E-state index in [9.17, 15) is 9.18 Å². The number of piperidine rings is 1. The molecule has 2 aromatic rings. The Kier molecular flexibility index (Phi) is 5.17. The van der Waals surface area contributed by atoms with Crippen LogP contribution in [0.15, 0.2) is 16.9 Å². The Morgan fingerprint density at radius 2 is 2.08 bits per heavy atom. The van der Waals surface area contributed by atoms with Crippen LogP contribution in [-0.2, 0) is 11.2 Å². The Balaban J connectivity index is 1.51. The lowest BCUT2D eigenvalue weighted by Crippen LogP contribution is -2.30. The Hall–Kier alpha value is -1.99. The van der Waals surface area contributed by atoms with Gasteiger partial charge in [-0.2, -0.15) is 0 Å². The van der Waals surface area contributed by atoms with Gasteiger partial charge in [-0.05, 0) is 44.7 Å². The first-order valence-electron chi connectivity index (χ1n) is 9.36. The van der Waals surface area contributed by atoms with E-state index in [4.69, 9.17) is 9.47 Å². The summed E-state index contributed by atoms with van der Waals surface area (Å²) in [4.78, 5) is 19.4. The summed E-state index contributed by atoms with van der Waals surface area (Å²) in [5.74, 6) is 0.874. The maximum atomic E-state index is 14.4. The number of aromatic nitrogens is 2. The lowest BCUT2D eigenvalue weighted by atomic mass is 9.99.